The number of halogens is 6. The molecule has 17 heteroatoms. The number of nitrogens with zero attached hydrogens (tertiary/aromatic N) is 5. The number of benzene rings is 2. The Bertz CT molecular complexity index is 1750. The third-order valence-corrected chi connectivity index (χ3v) is 9.76. The largest absolute Gasteiger partial charge is 0.486 e. The van der Waals surface area contributed by atoms with Gasteiger partial charge in [-0.05, 0) is 31.9 Å². The Morgan fingerprint density at radius 1 is 1.17 bits per heavy atom. The minimum atomic E-state index is -4.99. The SMILES string of the molecule is CC1CC(CN=C(N)N)Oc2c(Cl)c(-c3cc(N)cc(Cl)c3C(F)(F)F)c(F)c3nc(OCC4(CN5CCOCC5)CC4)nc(c23)N1C. The van der Waals surface area contributed by atoms with Crippen molar-refractivity contribution in [1.82, 2.24) is 14.9 Å². The second kappa shape index (κ2) is 13.1. The lowest BCUT2D eigenvalue weighted by molar-refractivity contribution is -0.137. The van der Waals surface area contributed by atoms with Crippen molar-refractivity contribution in [3.05, 3.63) is 33.6 Å². The normalized spacial score (nSPS) is 21.0. The molecule has 6 rings (SSSR count). The summed E-state index contributed by atoms with van der Waals surface area (Å²) in [5, 5.41) is -1.13. The van der Waals surface area contributed by atoms with Crippen LogP contribution in [0.5, 0.6) is 11.8 Å². The number of ether oxygens (including phenoxy) is 3. The number of aliphatic imine (C=N–C) groups is 1. The van der Waals surface area contributed by atoms with Crippen LogP contribution in [0.4, 0.5) is 29.1 Å². The topological polar surface area (TPSA) is 150 Å². The predicted octanol–water partition coefficient (Wildman–Crippen LogP) is 5.08. The van der Waals surface area contributed by atoms with E-state index >= 15 is 4.39 Å². The third-order valence-electron chi connectivity index (χ3n) is 9.10. The summed E-state index contributed by atoms with van der Waals surface area (Å²) in [5.41, 5.74) is 13.8. The molecule has 2 unspecified atom stereocenters. The molecule has 1 aliphatic carbocycles. The van der Waals surface area contributed by atoms with Crippen molar-refractivity contribution in [3.8, 4) is 22.9 Å². The first-order valence-corrected chi connectivity index (χ1v) is 16.2. The lowest BCUT2D eigenvalue weighted by Gasteiger charge is -2.34. The number of alkyl halides is 3. The zero-order valence-corrected chi connectivity index (χ0v) is 27.9. The summed E-state index contributed by atoms with van der Waals surface area (Å²) in [6.07, 6.45) is -3.50. The molecule has 3 aromatic rings. The van der Waals surface area contributed by atoms with E-state index in [0.717, 1.165) is 44.6 Å². The van der Waals surface area contributed by atoms with Gasteiger partial charge >= 0.3 is 12.2 Å². The molecule has 1 aromatic heterocycles. The fraction of sp³-hybridized carbons (Fsp3) is 0.516. The van der Waals surface area contributed by atoms with Gasteiger partial charge in [0.25, 0.3) is 0 Å². The van der Waals surface area contributed by atoms with Crippen LogP contribution in [0.15, 0.2) is 17.1 Å². The number of rotatable bonds is 8. The average molecular weight is 716 g/mol. The van der Waals surface area contributed by atoms with Crippen molar-refractivity contribution in [2.24, 2.45) is 21.9 Å². The number of morpholine rings is 1. The molecule has 0 radical (unpaired) electrons. The van der Waals surface area contributed by atoms with E-state index < -0.39 is 44.8 Å². The number of nitrogens with two attached hydrogens (primary N) is 3. The number of guanidine groups is 1. The fourth-order valence-corrected chi connectivity index (χ4v) is 6.93. The molecule has 6 N–H and O–H groups in total. The van der Waals surface area contributed by atoms with Crippen LogP contribution in [0.25, 0.3) is 22.0 Å². The van der Waals surface area contributed by atoms with Gasteiger partial charge in [0, 0.05) is 61.4 Å². The van der Waals surface area contributed by atoms with E-state index in [1.807, 2.05) is 6.92 Å². The van der Waals surface area contributed by atoms with Crippen molar-refractivity contribution < 1.29 is 31.8 Å². The summed E-state index contributed by atoms with van der Waals surface area (Å²) in [6, 6.07) is 1.52. The lowest BCUT2D eigenvalue weighted by atomic mass is 9.95. The van der Waals surface area contributed by atoms with Gasteiger partial charge in [-0.15, -0.1) is 0 Å². The number of hydrogen-bond acceptors (Lipinski definition) is 9. The fourth-order valence-electron chi connectivity index (χ4n) is 6.27. The maximum atomic E-state index is 16.9. The van der Waals surface area contributed by atoms with Gasteiger partial charge in [-0.2, -0.15) is 23.1 Å². The Balaban J connectivity index is 1.53. The highest BCUT2D eigenvalue weighted by atomic mass is 35.5. The Kier molecular flexibility index (Phi) is 9.35. The molecule has 48 heavy (non-hydrogen) atoms. The smallest absolute Gasteiger partial charge is 0.418 e. The van der Waals surface area contributed by atoms with Crippen LogP contribution in [0.3, 0.4) is 0 Å². The average Bonchev–Trinajstić information content (AvgIpc) is 3.78. The summed E-state index contributed by atoms with van der Waals surface area (Å²) in [4.78, 5) is 17.3. The van der Waals surface area contributed by atoms with Crippen molar-refractivity contribution in [2.75, 3.05) is 63.7 Å². The zero-order valence-electron chi connectivity index (χ0n) is 26.3. The maximum Gasteiger partial charge on any atom is 0.418 e. The number of anilines is 2. The van der Waals surface area contributed by atoms with E-state index in [1.165, 1.54) is 0 Å². The molecule has 1 saturated carbocycles. The van der Waals surface area contributed by atoms with Crippen LogP contribution in [0, 0.1) is 11.2 Å². The number of nitrogen functional groups attached to an aromatic ring is 1. The van der Waals surface area contributed by atoms with E-state index in [1.54, 1.807) is 11.9 Å². The van der Waals surface area contributed by atoms with E-state index in [4.69, 9.17) is 54.6 Å². The maximum absolute atomic E-state index is 16.9. The molecule has 260 valence electrons. The first-order chi connectivity index (χ1) is 22.7. The highest BCUT2D eigenvalue weighted by Crippen LogP contribution is 2.52. The summed E-state index contributed by atoms with van der Waals surface area (Å²) in [6.45, 7) is 5.92. The van der Waals surface area contributed by atoms with E-state index in [2.05, 4.69) is 19.9 Å². The van der Waals surface area contributed by atoms with Crippen LogP contribution in [0.1, 0.15) is 31.7 Å². The zero-order chi connectivity index (χ0) is 34.5. The molecular weight excluding hydrogens is 679 g/mol. The molecule has 3 heterocycles. The van der Waals surface area contributed by atoms with Gasteiger partial charge in [-0.3, -0.25) is 4.90 Å². The van der Waals surface area contributed by atoms with Gasteiger partial charge < -0.3 is 36.3 Å². The van der Waals surface area contributed by atoms with Crippen LogP contribution < -0.4 is 31.6 Å². The molecular formula is C31H36Cl2F4N8O3. The minimum Gasteiger partial charge on any atom is -0.486 e. The quantitative estimate of drug-likeness (QED) is 0.125. The van der Waals surface area contributed by atoms with Crippen LogP contribution >= 0.6 is 23.2 Å². The molecule has 2 fully saturated rings. The first-order valence-electron chi connectivity index (χ1n) is 15.4. The summed E-state index contributed by atoms with van der Waals surface area (Å²) in [5.74, 6) is -1.25. The summed E-state index contributed by atoms with van der Waals surface area (Å²) in [7, 11) is 1.75. The van der Waals surface area contributed by atoms with Crippen molar-refractivity contribution in [1.29, 1.82) is 0 Å². The Labute approximate surface area is 284 Å². The molecule has 2 aliphatic heterocycles. The standard InChI is InChI=1S/C31H36Cl2F4N8O3/c1-15-9-17(12-41-28(39)40)48-26-21-25(24(34)20(23(26)33)18-10-16(38)11-19(32)22(18)31(35,36)37)42-29(43-27(21)44(15)2)47-14-30(3-4-30)13-45-5-7-46-8-6-45/h10-11,15,17H,3-9,12-14,38H2,1-2H3,(H4,39,40,41). The van der Waals surface area contributed by atoms with Gasteiger partial charge in [0.05, 0.1) is 47.4 Å². The van der Waals surface area contributed by atoms with Gasteiger partial charge in [0.2, 0.25) is 0 Å². The van der Waals surface area contributed by atoms with Crippen LogP contribution in [-0.4, -0.2) is 86.0 Å². The van der Waals surface area contributed by atoms with Gasteiger partial charge in [-0.25, -0.2) is 9.38 Å². The molecule has 2 atom stereocenters. The summed E-state index contributed by atoms with van der Waals surface area (Å²) < 4.78 is 78.2. The molecule has 0 amide bonds. The third kappa shape index (κ3) is 6.82. The molecule has 1 saturated heterocycles. The Morgan fingerprint density at radius 3 is 2.52 bits per heavy atom. The highest BCUT2D eigenvalue weighted by Gasteiger charge is 2.45. The van der Waals surface area contributed by atoms with Crippen LogP contribution in [0.2, 0.25) is 10.0 Å². The molecule has 2 aromatic carbocycles. The van der Waals surface area contributed by atoms with Gasteiger partial charge in [0.1, 0.15) is 17.4 Å². The number of hydrogen-bond donors (Lipinski definition) is 3. The first kappa shape index (κ1) is 34.3. The lowest BCUT2D eigenvalue weighted by Crippen LogP contribution is -2.41. The van der Waals surface area contributed by atoms with Crippen molar-refractivity contribution in [2.45, 2.75) is 44.5 Å². The van der Waals surface area contributed by atoms with Crippen molar-refractivity contribution >= 4 is 51.6 Å². The molecule has 3 aliphatic rings. The molecule has 11 nitrogen and oxygen atoms in total. The minimum absolute atomic E-state index is 0.00836. The van der Waals surface area contributed by atoms with E-state index in [9.17, 15) is 13.2 Å². The second-order valence-corrected chi connectivity index (χ2v) is 13.5. The molecule has 0 bridgehead atoms. The Hall–Kier alpha value is -3.53. The monoisotopic (exact) mass is 714 g/mol. The summed E-state index contributed by atoms with van der Waals surface area (Å²) >= 11 is 12.9. The predicted molar refractivity (Wildman–Crippen MR) is 176 cm³/mol. The highest BCUT2D eigenvalue weighted by molar-refractivity contribution is 6.37. The van der Waals surface area contributed by atoms with E-state index in [0.29, 0.717) is 19.6 Å². The van der Waals surface area contributed by atoms with Gasteiger partial charge in [0.15, 0.2) is 17.5 Å². The second-order valence-electron chi connectivity index (χ2n) is 12.7. The Morgan fingerprint density at radius 2 is 1.88 bits per heavy atom. The van der Waals surface area contributed by atoms with Crippen LogP contribution in [-0.2, 0) is 10.9 Å². The van der Waals surface area contributed by atoms with Crippen molar-refractivity contribution in [3.63, 3.8) is 0 Å². The van der Waals surface area contributed by atoms with Gasteiger partial charge in [-0.1, -0.05) is 23.2 Å². The number of aromatic nitrogens is 2. The molecule has 0 spiro atoms. The van der Waals surface area contributed by atoms with E-state index in [-0.39, 0.29) is 64.7 Å².